The van der Waals surface area contributed by atoms with Gasteiger partial charge >= 0.3 is 0 Å². The smallest absolute Gasteiger partial charge is 0.147 e. The molecular formula is C9H11BrClN3S. The summed E-state index contributed by atoms with van der Waals surface area (Å²) in [6, 6.07) is 1.81. The van der Waals surface area contributed by atoms with Gasteiger partial charge in [-0.1, -0.05) is 23.8 Å². The van der Waals surface area contributed by atoms with Gasteiger partial charge in [-0.2, -0.15) is 0 Å². The largest absolute Gasteiger partial charge is 0.393 e. The third-order valence-electron chi connectivity index (χ3n) is 1.84. The highest BCUT2D eigenvalue weighted by Crippen LogP contribution is 2.25. The summed E-state index contributed by atoms with van der Waals surface area (Å²) in [5, 5.41) is 0.606. The lowest BCUT2D eigenvalue weighted by Gasteiger charge is -2.18. The predicted octanol–water partition coefficient (Wildman–Crippen LogP) is 2.61. The van der Waals surface area contributed by atoms with E-state index in [0.29, 0.717) is 23.0 Å². The molecule has 0 radical (unpaired) electrons. The molecule has 0 fully saturated rings. The predicted molar refractivity (Wildman–Crippen MR) is 71.6 cm³/mol. The van der Waals surface area contributed by atoms with Gasteiger partial charge in [-0.15, -0.1) is 0 Å². The zero-order valence-corrected chi connectivity index (χ0v) is 11.4. The van der Waals surface area contributed by atoms with Crippen LogP contribution in [-0.2, 0) is 0 Å². The molecule has 1 aromatic rings. The number of pyridine rings is 1. The summed E-state index contributed by atoms with van der Waals surface area (Å²) in [5.74, 6) is 0.733. The summed E-state index contributed by atoms with van der Waals surface area (Å²) < 4.78 is 0.860. The van der Waals surface area contributed by atoms with E-state index in [0.717, 1.165) is 10.3 Å². The Balaban J connectivity index is 2.73. The van der Waals surface area contributed by atoms with E-state index in [1.165, 1.54) is 0 Å². The average molecular weight is 309 g/mol. The van der Waals surface area contributed by atoms with Gasteiger partial charge in [-0.3, -0.25) is 0 Å². The maximum Gasteiger partial charge on any atom is 0.147 e. The summed E-state index contributed by atoms with van der Waals surface area (Å²) >= 11 is 14.2. The maximum absolute atomic E-state index is 6.04. The minimum atomic E-state index is 0.495. The number of nitrogens with zero attached hydrogens (tertiary/aromatic N) is 2. The zero-order chi connectivity index (χ0) is 11.4. The van der Waals surface area contributed by atoms with Gasteiger partial charge in [0.2, 0.25) is 0 Å². The second-order valence-corrected chi connectivity index (χ2v) is 4.94. The molecule has 1 aromatic heterocycles. The number of hydrogen-bond acceptors (Lipinski definition) is 3. The molecule has 6 heteroatoms. The van der Waals surface area contributed by atoms with Crippen LogP contribution in [0.2, 0.25) is 5.02 Å². The van der Waals surface area contributed by atoms with Crippen LogP contribution in [0.1, 0.15) is 6.42 Å². The SMILES string of the molecule is CN(CCC(N)=S)c1ncc(Br)cc1Cl. The second kappa shape index (κ2) is 5.63. The molecule has 1 heterocycles. The normalized spacial score (nSPS) is 10.1. The number of halogens is 2. The van der Waals surface area contributed by atoms with Gasteiger partial charge in [-0.25, -0.2) is 4.98 Å². The number of hydrogen-bond donors (Lipinski definition) is 1. The van der Waals surface area contributed by atoms with E-state index in [2.05, 4.69) is 20.9 Å². The van der Waals surface area contributed by atoms with E-state index < -0.39 is 0 Å². The standard InChI is InChI=1S/C9H11BrClN3S/c1-14(3-2-8(12)15)9-7(11)4-6(10)5-13-9/h4-5H,2-3H2,1H3,(H2,12,15). The first kappa shape index (κ1) is 12.7. The van der Waals surface area contributed by atoms with Crippen molar-refractivity contribution in [1.82, 2.24) is 4.98 Å². The molecule has 0 spiro atoms. The van der Waals surface area contributed by atoms with E-state index in [4.69, 9.17) is 29.6 Å². The number of thiocarbonyl (C=S) groups is 1. The summed E-state index contributed by atoms with van der Waals surface area (Å²) in [6.07, 6.45) is 2.36. The molecule has 2 N–H and O–H groups in total. The van der Waals surface area contributed by atoms with Crippen molar-refractivity contribution in [3.63, 3.8) is 0 Å². The Hall–Kier alpha value is -0.390. The van der Waals surface area contributed by atoms with Crippen molar-refractivity contribution in [2.24, 2.45) is 5.73 Å². The van der Waals surface area contributed by atoms with E-state index in [9.17, 15) is 0 Å². The maximum atomic E-state index is 6.04. The molecule has 0 aliphatic carbocycles. The molecule has 0 aliphatic heterocycles. The van der Waals surface area contributed by atoms with Crippen molar-refractivity contribution in [2.75, 3.05) is 18.5 Å². The van der Waals surface area contributed by atoms with Crippen LogP contribution in [0, 0.1) is 0 Å². The molecule has 0 aliphatic rings. The highest BCUT2D eigenvalue weighted by Gasteiger charge is 2.08. The number of nitrogens with two attached hydrogens (primary N) is 1. The second-order valence-electron chi connectivity index (χ2n) is 3.10. The third-order valence-corrected chi connectivity index (χ3v) is 2.76. The quantitative estimate of drug-likeness (QED) is 0.868. The van der Waals surface area contributed by atoms with Gasteiger partial charge in [0.05, 0.1) is 10.0 Å². The van der Waals surface area contributed by atoms with E-state index in [1.54, 1.807) is 12.3 Å². The zero-order valence-electron chi connectivity index (χ0n) is 8.20. The van der Waals surface area contributed by atoms with E-state index in [1.807, 2.05) is 11.9 Å². The average Bonchev–Trinajstić information content (AvgIpc) is 2.14. The molecule has 3 nitrogen and oxygen atoms in total. The van der Waals surface area contributed by atoms with Gasteiger partial charge in [-0.05, 0) is 22.0 Å². The van der Waals surface area contributed by atoms with Crippen LogP contribution in [0.5, 0.6) is 0 Å². The fourth-order valence-electron chi connectivity index (χ4n) is 1.07. The first-order valence-corrected chi connectivity index (χ1v) is 5.89. The monoisotopic (exact) mass is 307 g/mol. The number of rotatable bonds is 4. The van der Waals surface area contributed by atoms with Crippen LogP contribution in [0.3, 0.4) is 0 Å². The van der Waals surface area contributed by atoms with Crippen LogP contribution in [0.25, 0.3) is 0 Å². The lowest BCUT2D eigenvalue weighted by molar-refractivity contribution is 0.898. The molecule has 0 saturated carbocycles. The van der Waals surface area contributed by atoms with Crippen LogP contribution < -0.4 is 10.6 Å². The molecule has 15 heavy (non-hydrogen) atoms. The van der Waals surface area contributed by atoms with Crippen LogP contribution in [0.4, 0.5) is 5.82 Å². The summed E-state index contributed by atoms with van der Waals surface area (Å²) in [5.41, 5.74) is 5.42. The van der Waals surface area contributed by atoms with E-state index >= 15 is 0 Å². The molecule has 0 saturated heterocycles. The lowest BCUT2D eigenvalue weighted by Crippen LogP contribution is -2.24. The fourth-order valence-corrected chi connectivity index (χ4v) is 1.94. The molecule has 0 amide bonds. The number of aromatic nitrogens is 1. The number of anilines is 1. The van der Waals surface area contributed by atoms with Crippen molar-refractivity contribution >= 4 is 50.6 Å². The summed E-state index contributed by atoms with van der Waals surface area (Å²) in [7, 11) is 1.90. The van der Waals surface area contributed by atoms with Crippen LogP contribution in [0.15, 0.2) is 16.7 Å². The first-order chi connectivity index (χ1) is 7.00. The Morgan fingerprint density at radius 1 is 1.73 bits per heavy atom. The molecule has 1 rings (SSSR count). The van der Waals surface area contributed by atoms with Gasteiger partial charge in [0.25, 0.3) is 0 Å². The fraction of sp³-hybridized carbons (Fsp3) is 0.333. The Morgan fingerprint density at radius 3 is 2.93 bits per heavy atom. The Bertz CT molecular complexity index is 372. The van der Waals surface area contributed by atoms with Crippen molar-refractivity contribution in [3.05, 3.63) is 21.8 Å². The molecule has 82 valence electrons. The van der Waals surface area contributed by atoms with Gasteiger partial charge in [0.1, 0.15) is 5.82 Å². The van der Waals surface area contributed by atoms with Gasteiger partial charge < -0.3 is 10.6 Å². The van der Waals surface area contributed by atoms with Crippen molar-refractivity contribution in [1.29, 1.82) is 0 Å². The molecule has 0 unspecified atom stereocenters. The molecule has 0 aromatic carbocycles. The Morgan fingerprint density at radius 2 is 2.40 bits per heavy atom. The van der Waals surface area contributed by atoms with Crippen LogP contribution in [-0.4, -0.2) is 23.6 Å². The first-order valence-electron chi connectivity index (χ1n) is 4.31. The van der Waals surface area contributed by atoms with E-state index in [-0.39, 0.29) is 0 Å². The molecule has 0 atom stereocenters. The molecular weight excluding hydrogens is 298 g/mol. The van der Waals surface area contributed by atoms with Gasteiger partial charge in [0.15, 0.2) is 0 Å². The van der Waals surface area contributed by atoms with Crippen molar-refractivity contribution in [3.8, 4) is 0 Å². The lowest BCUT2D eigenvalue weighted by atomic mass is 10.3. The van der Waals surface area contributed by atoms with Crippen molar-refractivity contribution in [2.45, 2.75) is 6.42 Å². The van der Waals surface area contributed by atoms with Crippen molar-refractivity contribution < 1.29 is 0 Å². The summed E-state index contributed by atoms with van der Waals surface area (Å²) in [4.78, 5) is 6.64. The topological polar surface area (TPSA) is 42.1 Å². The molecule has 0 bridgehead atoms. The summed E-state index contributed by atoms with van der Waals surface area (Å²) in [6.45, 7) is 0.712. The highest BCUT2D eigenvalue weighted by atomic mass is 79.9. The van der Waals surface area contributed by atoms with Crippen LogP contribution >= 0.6 is 39.7 Å². The Kier molecular flexibility index (Phi) is 4.76. The minimum absolute atomic E-state index is 0.495. The third kappa shape index (κ3) is 3.93. The Labute approximate surface area is 108 Å². The minimum Gasteiger partial charge on any atom is -0.393 e. The highest BCUT2D eigenvalue weighted by molar-refractivity contribution is 9.10. The van der Waals surface area contributed by atoms with Gasteiger partial charge in [0, 0.05) is 30.7 Å².